The Kier molecular flexibility index (Phi) is 6.02. The van der Waals surface area contributed by atoms with E-state index in [4.69, 9.17) is 4.74 Å². The molecule has 0 amide bonds. The zero-order valence-electron chi connectivity index (χ0n) is 14.1. The van der Waals surface area contributed by atoms with Crippen molar-refractivity contribution in [3.05, 3.63) is 82.3 Å². The number of hydrogen-bond acceptors (Lipinski definition) is 4. The Morgan fingerprint density at radius 3 is 2.50 bits per heavy atom. The van der Waals surface area contributed by atoms with Crippen molar-refractivity contribution in [1.29, 1.82) is 0 Å². The molecule has 0 spiro atoms. The number of hydrogen-bond donors (Lipinski definition) is 1. The third kappa shape index (κ3) is 4.29. The number of ether oxygens (including phenoxy) is 1. The van der Waals surface area contributed by atoms with Gasteiger partial charge in [0.05, 0.1) is 0 Å². The maximum Gasteiger partial charge on any atom is 0.356 e. The molecule has 132 valence electrons. The molecule has 0 aliphatic carbocycles. The van der Waals surface area contributed by atoms with Gasteiger partial charge in [0, 0.05) is 10.9 Å². The summed E-state index contributed by atoms with van der Waals surface area (Å²) in [5.41, 5.74) is 1.94. The van der Waals surface area contributed by atoms with Crippen molar-refractivity contribution in [2.75, 3.05) is 0 Å². The van der Waals surface area contributed by atoms with Crippen LogP contribution in [-0.2, 0) is 22.6 Å². The Labute approximate surface area is 160 Å². The highest BCUT2D eigenvalue weighted by atomic mass is 79.9. The molecular formula is C21H18BrNO3. The number of aryl methyl sites for hydroxylation is 1. The Balaban J connectivity index is 1.64. The monoisotopic (exact) mass is 411 g/mol. The highest BCUT2D eigenvalue weighted by Crippen LogP contribution is 2.28. The molecule has 0 fully saturated rings. The highest BCUT2D eigenvalue weighted by molar-refractivity contribution is 9.10. The topological polar surface area (TPSA) is 58.9 Å². The van der Waals surface area contributed by atoms with E-state index >= 15 is 0 Å². The van der Waals surface area contributed by atoms with E-state index in [-0.39, 0.29) is 12.3 Å². The van der Waals surface area contributed by atoms with Gasteiger partial charge in [-0.05, 0) is 44.3 Å². The van der Waals surface area contributed by atoms with Crippen LogP contribution in [-0.4, -0.2) is 16.9 Å². The molecule has 26 heavy (non-hydrogen) atoms. The number of rotatable bonds is 6. The maximum absolute atomic E-state index is 12.1. The van der Waals surface area contributed by atoms with Crippen molar-refractivity contribution in [3.63, 3.8) is 0 Å². The molecule has 0 radical (unpaired) electrons. The van der Waals surface area contributed by atoms with Gasteiger partial charge in [-0.3, -0.25) is 0 Å². The summed E-state index contributed by atoms with van der Waals surface area (Å²) in [5.74, 6) is -0.603. The summed E-state index contributed by atoms with van der Waals surface area (Å²) in [5, 5.41) is 14.6. The van der Waals surface area contributed by atoms with Crippen molar-refractivity contribution in [2.24, 2.45) is 5.16 Å². The van der Waals surface area contributed by atoms with Crippen LogP contribution in [0.1, 0.15) is 17.5 Å². The first-order valence-electron chi connectivity index (χ1n) is 8.27. The minimum absolute atomic E-state index is 0.0148. The molecule has 3 aromatic carbocycles. The SMILES string of the molecule is O=C(OCc1ccccc1)/C(CCc1ccc2ccccc2c1Br)=N\O. The molecule has 0 aliphatic heterocycles. The van der Waals surface area contributed by atoms with Gasteiger partial charge in [0.1, 0.15) is 6.61 Å². The number of esters is 1. The second kappa shape index (κ2) is 8.63. The van der Waals surface area contributed by atoms with E-state index in [1.165, 1.54) is 0 Å². The second-order valence-electron chi connectivity index (χ2n) is 5.87. The predicted molar refractivity (Wildman–Crippen MR) is 105 cm³/mol. The first-order chi connectivity index (χ1) is 12.7. The molecular weight excluding hydrogens is 394 g/mol. The van der Waals surface area contributed by atoms with Crippen molar-refractivity contribution >= 4 is 38.4 Å². The van der Waals surface area contributed by atoms with Crippen LogP contribution in [0.3, 0.4) is 0 Å². The molecule has 0 unspecified atom stereocenters. The molecule has 4 nitrogen and oxygen atoms in total. The van der Waals surface area contributed by atoms with Crippen molar-refractivity contribution in [2.45, 2.75) is 19.4 Å². The first-order valence-corrected chi connectivity index (χ1v) is 9.06. The van der Waals surface area contributed by atoms with Crippen molar-refractivity contribution in [3.8, 4) is 0 Å². The molecule has 0 saturated heterocycles. The van der Waals surface area contributed by atoms with Crippen LogP contribution in [0.4, 0.5) is 0 Å². The molecule has 5 heteroatoms. The average Bonchev–Trinajstić information content (AvgIpc) is 2.69. The Bertz CT molecular complexity index is 938. The predicted octanol–water partition coefficient (Wildman–Crippen LogP) is 5.11. The maximum atomic E-state index is 12.1. The molecule has 1 N–H and O–H groups in total. The lowest BCUT2D eigenvalue weighted by Gasteiger charge is -2.09. The van der Waals surface area contributed by atoms with Gasteiger partial charge in [-0.25, -0.2) is 4.79 Å². The lowest BCUT2D eigenvalue weighted by Crippen LogP contribution is -2.18. The van der Waals surface area contributed by atoms with Crippen LogP contribution in [0.2, 0.25) is 0 Å². The van der Waals surface area contributed by atoms with Crippen LogP contribution < -0.4 is 0 Å². The average molecular weight is 412 g/mol. The van der Waals surface area contributed by atoms with Gasteiger partial charge in [-0.1, -0.05) is 71.9 Å². The summed E-state index contributed by atoms with van der Waals surface area (Å²) >= 11 is 3.63. The Morgan fingerprint density at radius 1 is 1.00 bits per heavy atom. The van der Waals surface area contributed by atoms with Crippen molar-refractivity contribution < 1.29 is 14.7 Å². The zero-order chi connectivity index (χ0) is 18.4. The molecule has 0 bridgehead atoms. The van der Waals surface area contributed by atoms with E-state index in [0.717, 1.165) is 26.4 Å². The third-order valence-electron chi connectivity index (χ3n) is 4.14. The van der Waals surface area contributed by atoms with E-state index < -0.39 is 5.97 Å². The number of fused-ring (bicyclic) bond motifs is 1. The van der Waals surface area contributed by atoms with Crippen LogP contribution in [0.5, 0.6) is 0 Å². The van der Waals surface area contributed by atoms with Gasteiger partial charge < -0.3 is 9.94 Å². The van der Waals surface area contributed by atoms with E-state index in [2.05, 4.69) is 21.1 Å². The van der Waals surface area contributed by atoms with E-state index in [1.54, 1.807) is 0 Å². The number of oxime groups is 1. The Hall–Kier alpha value is -2.66. The van der Waals surface area contributed by atoms with Gasteiger partial charge in [0.15, 0.2) is 5.71 Å². The van der Waals surface area contributed by atoms with Crippen LogP contribution in [0, 0.1) is 0 Å². The zero-order valence-corrected chi connectivity index (χ0v) is 15.6. The number of halogens is 1. The standard InChI is InChI=1S/C21H18BrNO3/c22-20-17(11-10-16-8-4-5-9-18(16)20)12-13-19(23-25)21(24)26-14-15-6-2-1-3-7-15/h1-11,25H,12-14H2/b23-19-. The van der Waals surface area contributed by atoms with Crippen LogP contribution in [0.25, 0.3) is 10.8 Å². The molecule has 0 saturated carbocycles. The van der Waals surface area contributed by atoms with Crippen LogP contribution >= 0.6 is 15.9 Å². The van der Waals surface area contributed by atoms with E-state index in [9.17, 15) is 10.0 Å². The van der Waals surface area contributed by atoms with Gasteiger partial charge in [0.2, 0.25) is 0 Å². The summed E-state index contributed by atoms with van der Waals surface area (Å²) in [6, 6.07) is 21.5. The van der Waals surface area contributed by atoms with Gasteiger partial charge in [-0.15, -0.1) is 0 Å². The quantitative estimate of drug-likeness (QED) is 0.265. The fourth-order valence-electron chi connectivity index (χ4n) is 2.72. The van der Waals surface area contributed by atoms with E-state index in [1.807, 2.05) is 66.7 Å². The van der Waals surface area contributed by atoms with Crippen LogP contribution in [0.15, 0.2) is 76.4 Å². The lowest BCUT2D eigenvalue weighted by molar-refractivity contribution is -0.137. The summed E-state index contributed by atoms with van der Waals surface area (Å²) in [6.07, 6.45) is 0.853. The molecule has 0 atom stereocenters. The van der Waals surface area contributed by atoms with Gasteiger partial charge in [0.25, 0.3) is 0 Å². The van der Waals surface area contributed by atoms with Gasteiger partial charge >= 0.3 is 5.97 Å². The summed E-state index contributed by atoms with van der Waals surface area (Å²) in [4.78, 5) is 12.1. The summed E-state index contributed by atoms with van der Waals surface area (Å²) < 4.78 is 6.22. The number of benzene rings is 3. The second-order valence-corrected chi connectivity index (χ2v) is 6.66. The van der Waals surface area contributed by atoms with Crippen molar-refractivity contribution in [1.82, 2.24) is 0 Å². The van der Waals surface area contributed by atoms with Gasteiger partial charge in [-0.2, -0.15) is 0 Å². The number of nitrogens with zero attached hydrogens (tertiary/aromatic N) is 1. The smallest absolute Gasteiger partial charge is 0.356 e. The fraction of sp³-hybridized carbons (Fsp3) is 0.143. The molecule has 3 aromatic rings. The minimum atomic E-state index is -0.603. The summed E-state index contributed by atoms with van der Waals surface area (Å²) in [6.45, 7) is 0.151. The van der Waals surface area contributed by atoms with E-state index in [0.29, 0.717) is 12.8 Å². The molecule has 3 rings (SSSR count). The highest BCUT2D eigenvalue weighted by Gasteiger charge is 2.15. The first kappa shape index (κ1) is 18.1. The minimum Gasteiger partial charge on any atom is -0.456 e. The fourth-order valence-corrected chi connectivity index (χ4v) is 3.42. The summed E-state index contributed by atoms with van der Waals surface area (Å²) in [7, 11) is 0. The molecule has 0 heterocycles. The molecule has 0 aromatic heterocycles. The normalized spacial score (nSPS) is 11.5. The number of carbonyl (C=O) groups excluding carboxylic acids is 1. The molecule has 0 aliphatic rings. The Morgan fingerprint density at radius 2 is 1.73 bits per heavy atom. The number of carbonyl (C=O) groups is 1. The lowest BCUT2D eigenvalue weighted by atomic mass is 10.0. The third-order valence-corrected chi connectivity index (χ3v) is 5.08. The largest absolute Gasteiger partial charge is 0.456 e.